The molecule has 108 valence electrons. The van der Waals surface area contributed by atoms with Crippen molar-refractivity contribution in [3.8, 4) is 11.5 Å². The van der Waals surface area contributed by atoms with Gasteiger partial charge in [0.25, 0.3) is 0 Å². The normalized spacial score (nSPS) is 10.8. The van der Waals surface area contributed by atoms with Gasteiger partial charge >= 0.3 is 0 Å². The summed E-state index contributed by atoms with van der Waals surface area (Å²) in [4.78, 5) is 14.1. The van der Waals surface area contributed by atoms with Crippen molar-refractivity contribution in [1.29, 1.82) is 0 Å². The monoisotopic (exact) mass is 283 g/mol. The van der Waals surface area contributed by atoms with Crippen LogP contribution in [0, 0.1) is 0 Å². The lowest BCUT2D eigenvalue weighted by Crippen LogP contribution is -2.09. The van der Waals surface area contributed by atoms with Crippen LogP contribution in [0.2, 0.25) is 0 Å². The molecule has 21 heavy (non-hydrogen) atoms. The van der Waals surface area contributed by atoms with E-state index in [4.69, 9.17) is 0 Å². The topological polar surface area (TPSA) is 60.8 Å². The van der Waals surface area contributed by atoms with Gasteiger partial charge in [0.05, 0.1) is 0 Å². The van der Waals surface area contributed by atoms with Crippen LogP contribution in [0.3, 0.4) is 0 Å². The first-order valence-corrected chi connectivity index (χ1v) is 6.49. The number of hydrogen-bond donors (Lipinski definition) is 2. The average molecular weight is 283 g/mol. The van der Waals surface area contributed by atoms with E-state index in [0.717, 1.165) is 5.69 Å². The van der Waals surface area contributed by atoms with Crippen LogP contribution in [0.15, 0.2) is 48.5 Å². The highest BCUT2D eigenvalue weighted by molar-refractivity contribution is 6.07. The Bertz CT molecular complexity index is 690. The first kappa shape index (κ1) is 14.7. The second kappa shape index (κ2) is 6.13. The highest BCUT2D eigenvalue weighted by Gasteiger charge is 2.04. The van der Waals surface area contributed by atoms with Gasteiger partial charge in [0.2, 0.25) is 0 Å². The predicted octanol–water partition coefficient (Wildman–Crippen LogP) is 3.06. The summed E-state index contributed by atoms with van der Waals surface area (Å²) in [5.74, 6) is -0.511. The van der Waals surface area contributed by atoms with Crippen LogP contribution in [0.1, 0.15) is 15.9 Å². The number of aromatic hydroxyl groups is 2. The van der Waals surface area contributed by atoms with E-state index >= 15 is 0 Å². The maximum atomic E-state index is 12.1. The van der Waals surface area contributed by atoms with Crippen molar-refractivity contribution in [2.75, 3.05) is 19.0 Å². The maximum Gasteiger partial charge on any atom is 0.185 e. The lowest BCUT2D eigenvalue weighted by molar-refractivity contribution is 0.104. The van der Waals surface area contributed by atoms with Gasteiger partial charge in [-0.2, -0.15) is 0 Å². The molecule has 0 atom stereocenters. The molecule has 0 fully saturated rings. The van der Waals surface area contributed by atoms with Crippen LogP contribution in [-0.2, 0) is 0 Å². The molecule has 0 unspecified atom stereocenters. The van der Waals surface area contributed by atoms with Crippen molar-refractivity contribution in [1.82, 2.24) is 0 Å². The van der Waals surface area contributed by atoms with E-state index in [9.17, 15) is 15.0 Å². The first-order valence-electron chi connectivity index (χ1n) is 6.49. The van der Waals surface area contributed by atoms with Gasteiger partial charge in [-0.15, -0.1) is 0 Å². The van der Waals surface area contributed by atoms with Crippen LogP contribution < -0.4 is 4.90 Å². The molecule has 0 spiro atoms. The third-order valence-electron chi connectivity index (χ3n) is 3.07. The molecular weight excluding hydrogens is 266 g/mol. The van der Waals surface area contributed by atoms with Crippen LogP contribution in [0.5, 0.6) is 11.5 Å². The summed E-state index contributed by atoms with van der Waals surface area (Å²) >= 11 is 0. The summed E-state index contributed by atoms with van der Waals surface area (Å²) in [6.45, 7) is 0. The van der Waals surface area contributed by atoms with Crippen LogP contribution in [0.25, 0.3) is 6.08 Å². The lowest BCUT2D eigenvalue weighted by atomic mass is 10.1. The zero-order valence-electron chi connectivity index (χ0n) is 11.9. The number of allylic oxidation sites excluding steroid dienone is 1. The molecule has 0 radical (unpaired) electrons. The fraction of sp³-hybridized carbons (Fsp3) is 0.118. The van der Waals surface area contributed by atoms with Gasteiger partial charge < -0.3 is 15.1 Å². The molecule has 0 heterocycles. The fourth-order valence-electron chi connectivity index (χ4n) is 1.85. The Hall–Kier alpha value is -2.75. The third-order valence-corrected chi connectivity index (χ3v) is 3.07. The quantitative estimate of drug-likeness (QED) is 0.514. The van der Waals surface area contributed by atoms with Gasteiger partial charge in [0.1, 0.15) is 0 Å². The van der Waals surface area contributed by atoms with Gasteiger partial charge in [0.15, 0.2) is 17.3 Å². The molecule has 0 saturated heterocycles. The second-order valence-corrected chi connectivity index (χ2v) is 4.89. The van der Waals surface area contributed by atoms with Gasteiger partial charge in [-0.25, -0.2) is 0 Å². The maximum absolute atomic E-state index is 12.1. The van der Waals surface area contributed by atoms with Gasteiger partial charge in [-0.05, 0) is 35.9 Å². The van der Waals surface area contributed by atoms with Gasteiger partial charge in [-0.3, -0.25) is 4.79 Å². The molecule has 0 saturated carbocycles. The zero-order valence-corrected chi connectivity index (χ0v) is 11.9. The summed E-state index contributed by atoms with van der Waals surface area (Å²) < 4.78 is 0. The van der Waals surface area contributed by atoms with Crippen molar-refractivity contribution in [3.05, 3.63) is 59.7 Å². The van der Waals surface area contributed by atoms with Crippen molar-refractivity contribution in [3.63, 3.8) is 0 Å². The van der Waals surface area contributed by atoms with E-state index in [0.29, 0.717) is 11.1 Å². The van der Waals surface area contributed by atoms with Crippen LogP contribution in [0.4, 0.5) is 5.69 Å². The number of rotatable bonds is 4. The largest absolute Gasteiger partial charge is 0.504 e. The van der Waals surface area contributed by atoms with Crippen LogP contribution in [-0.4, -0.2) is 30.1 Å². The summed E-state index contributed by atoms with van der Waals surface area (Å²) in [7, 11) is 3.83. The molecule has 0 aliphatic carbocycles. The van der Waals surface area contributed by atoms with E-state index < -0.39 is 0 Å². The molecule has 4 heteroatoms. The van der Waals surface area contributed by atoms with E-state index in [-0.39, 0.29) is 17.3 Å². The molecule has 2 aromatic carbocycles. The molecule has 2 rings (SSSR count). The van der Waals surface area contributed by atoms with E-state index in [1.54, 1.807) is 18.2 Å². The standard InChI is InChI=1S/C17H17NO3/c1-18(2)14-5-3-4-13(11-14)15(19)8-6-12-7-9-16(20)17(21)10-12/h3-11,20-21H,1-2H3/b8-6+. The summed E-state index contributed by atoms with van der Waals surface area (Å²) in [6, 6.07) is 11.7. The molecule has 2 aromatic rings. The lowest BCUT2D eigenvalue weighted by Gasteiger charge is -2.12. The molecule has 0 bridgehead atoms. The van der Waals surface area contributed by atoms with Gasteiger partial charge in [0, 0.05) is 25.3 Å². The van der Waals surface area contributed by atoms with Crippen molar-refractivity contribution >= 4 is 17.5 Å². The first-order chi connectivity index (χ1) is 9.97. The molecule has 0 aliphatic rings. The molecule has 0 amide bonds. The Morgan fingerprint density at radius 2 is 1.81 bits per heavy atom. The average Bonchev–Trinajstić information content (AvgIpc) is 2.48. The highest BCUT2D eigenvalue weighted by Crippen LogP contribution is 2.25. The SMILES string of the molecule is CN(C)c1cccc(C(=O)/C=C/c2ccc(O)c(O)c2)c1. The Morgan fingerprint density at radius 1 is 1.05 bits per heavy atom. The number of carbonyl (C=O) groups is 1. The molecule has 0 aromatic heterocycles. The molecular formula is C17H17NO3. The number of phenolic OH excluding ortho intramolecular Hbond substituents is 2. The highest BCUT2D eigenvalue weighted by atomic mass is 16.3. The molecule has 0 aliphatic heterocycles. The van der Waals surface area contributed by atoms with E-state index in [1.165, 1.54) is 18.2 Å². The predicted molar refractivity (Wildman–Crippen MR) is 83.9 cm³/mol. The third kappa shape index (κ3) is 3.63. The summed E-state index contributed by atoms with van der Waals surface area (Å²) in [6.07, 6.45) is 3.05. The van der Waals surface area contributed by atoms with Crippen molar-refractivity contribution < 1.29 is 15.0 Å². The zero-order chi connectivity index (χ0) is 15.4. The second-order valence-electron chi connectivity index (χ2n) is 4.89. The number of nitrogens with zero attached hydrogens (tertiary/aromatic N) is 1. The number of carbonyl (C=O) groups excluding carboxylic acids is 1. The van der Waals surface area contributed by atoms with Crippen molar-refractivity contribution in [2.24, 2.45) is 0 Å². The van der Waals surface area contributed by atoms with Crippen LogP contribution >= 0.6 is 0 Å². The Kier molecular flexibility index (Phi) is 4.28. The van der Waals surface area contributed by atoms with Gasteiger partial charge in [-0.1, -0.05) is 24.3 Å². The Balaban J connectivity index is 2.19. The number of phenols is 2. The summed E-state index contributed by atoms with van der Waals surface area (Å²) in [5, 5.41) is 18.6. The number of hydrogen-bond acceptors (Lipinski definition) is 4. The summed E-state index contributed by atoms with van der Waals surface area (Å²) in [5.41, 5.74) is 2.19. The number of benzene rings is 2. The van der Waals surface area contributed by atoms with E-state index in [2.05, 4.69) is 0 Å². The minimum Gasteiger partial charge on any atom is -0.504 e. The fourth-order valence-corrected chi connectivity index (χ4v) is 1.85. The molecule has 4 nitrogen and oxygen atoms in total. The minimum absolute atomic E-state index is 0.119. The molecule has 2 N–H and O–H groups in total. The van der Waals surface area contributed by atoms with Crippen molar-refractivity contribution in [2.45, 2.75) is 0 Å². The smallest absolute Gasteiger partial charge is 0.185 e. The minimum atomic E-state index is -0.209. The Labute approximate surface area is 123 Å². The Morgan fingerprint density at radius 3 is 2.48 bits per heavy atom. The number of anilines is 1. The van der Waals surface area contributed by atoms with E-state index in [1.807, 2.05) is 37.2 Å². The number of ketones is 1.